The Bertz CT molecular complexity index is 323. The summed E-state index contributed by atoms with van der Waals surface area (Å²) in [4.78, 5) is 14.1. The van der Waals surface area contributed by atoms with Crippen LogP contribution in [0.15, 0.2) is 12.3 Å². The van der Waals surface area contributed by atoms with Crippen LogP contribution < -0.4 is 0 Å². The molecule has 0 aromatic carbocycles. The van der Waals surface area contributed by atoms with E-state index in [1.54, 1.807) is 19.2 Å². The van der Waals surface area contributed by atoms with E-state index in [4.69, 9.17) is 0 Å². The summed E-state index contributed by atoms with van der Waals surface area (Å²) in [5.74, 6) is 0. The number of nitro groups is 1. The molecule has 0 aliphatic rings. The first-order valence-electron chi connectivity index (χ1n) is 4.25. The van der Waals surface area contributed by atoms with Crippen LogP contribution in [-0.2, 0) is 6.42 Å². The quantitative estimate of drug-likeness (QED) is 0.529. The van der Waals surface area contributed by atoms with E-state index in [2.05, 4.69) is 4.98 Å². The number of rotatable bonds is 3. The van der Waals surface area contributed by atoms with Crippen molar-refractivity contribution in [1.29, 1.82) is 0 Å². The van der Waals surface area contributed by atoms with Crippen molar-refractivity contribution in [3.05, 3.63) is 33.6 Å². The van der Waals surface area contributed by atoms with Crippen LogP contribution in [0.5, 0.6) is 0 Å². The molecular formula is C9H12N2O2. The van der Waals surface area contributed by atoms with Crippen LogP contribution in [0, 0.1) is 17.0 Å². The van der Waals surface area contributed by atoms with Crippen molar-refractivity contribution >= 4 is 5.69 Å². The molecule has 1 rings (SSSR count). The summed E-state index contributed by atoms with van der Waals surface area (Å²) >= 11 is 0. The van der Waals surface area contributed by atoms with E-state index in [0.717, 1.165) is 18.4 Å². The Hall–Kier alpha value is -1.45. The van der Waals surface area contributed by atoms with Gasteiger partial charge in [0.1, 0.15) is 5.69 Å². The smallest absolute Gasteiger partial charge is 0.258 e. The summed E-state index contributed by atoms with van der Waals surface area (Å²) in [6.07, 6.45) is 3.52. The molecule has 4 heteroatoms. The van der Waals surface area contributed by atoms with Crippen molar-refractivity contribution in [2.24, 2.45) is 0 Å². The molecule has 0 atom stereocenters. The predicted octanol–water partition coefficient (Wildman–Crippen LogP) is 2.25. The van der Waals surface area contributed by atoms with E-state index in [0.29, 0.717) is 5.69 Å². The molecule has 4 nitrogen and oxygen atoms in total. The van der Waals surface area contributed by atoms with Crippen LogP contribution in [0.25, 0.3) is 0 Å². The lowest BCUT2D eigenvalue weighted by Gasteiger charge is -1.99. The first-order valence-corrected chi connectivity index (χ1v) is 4.25. The third-order valence-electron chi connectivity index (χ3n) is 1.85. The van der Waals surface area contributed by atoms with Crippen molar-refractivity contribution in [1.82, 2.24) is 4.98 Å². The molecule has 0 unspecified atom stereocenters. The molecular weight excluding hydrogens is 168 g/mol. The zero-order valence-electron chi connectivity index (χ0n) is 7.78. The first kappa shape index (κ1) is 9.64. The normalized spacial score (nSPS) is 10.0. The Kier molecular flexibility index (Phi) is 2.95. The van der Waals surface area contributed by atoms with Gasteiger partial charge in [-0.05, 0) is 18.9 Å². The van der Waals surface area contributed by atoms with Gasteiger partial charge in [-0.1, -0.05) is 13.3 Å². The van der Waals surface area contributed by atoms with Crippen LogP contribution in [0.2, 0.25) is 0 Å². The van der Waals surface area contributed by atoms with Crippen molar-refractivity contribution in [2.45, 2.75) is 26.7 Å². The van der Waals surface area contributed by atoms with Gasteiger partial charge in [-0.3, -0.25) is 15.1 Å². The Morgan fingerprint density at radius 1 is 1.62 bits per heavy atom. The highest BCUT2D eigenvalue weighted by Crippen LogP contribution is 2.17. The third kappa shape index (κ3) is 2.24. The number of aryl methyl sites for hydroxylation is 2. The Labute approximate surface area is 76.8 Å². The molecule has 70 valence electrons. The van der Waals surface area contributed by atoms with Crippen molar-refractivity contribution in [3.63, 3.8) is 0 Å². The fraction of sp³-hybridized carbons (Fsp3) is 0.444. The number of hydrogen-bond donors (Lipinski definition) is 0. The lowest BCUT2D eigenvalue weighted by Crippen LogP contribution is -1.96. The molecule has 0 N–H and O–H groups in total. The van der Waals surface area contributed by atoms with Gasteiger partial charge in [0.05, 0.1) is 4.92 Å². The molecule has 0 aliphatic carbocycles. The minimum Gasteiger partial charge on any atom is -0.258 e. The van der Waals surface area contributed by atoms with Gasteiger partial charge in [0.2, 0.25) is 0 Å². The highest BCUT2D eigenvalue weighted by atomic mass is 16.6. The van der Waals surface area contributed by atoms with Gasteiger partial charge in [0.25, 0.3) is 5.69 Å². The summed E-state index contributed by atoms with van der Waals surface area (Å²) in [6, 6.07) is 1.60. The number of nitrogens with zero attached hydrogens (tertiary/aromatic N) is 2. The van der Waals surface area contributed by atoms with Crippen LogP contribution in [0.4, 0.5) is 5.69 Å². The lowest BCUT2D eigenvalue weighted by molar-refractivity contribution is -0.385. The van der Waals surface area contributed by atoms with Crippen LogP contribution >= 0.6 is 0 Å². The maximum atomic E-state index is 10.5. The molecule has 1 aromatic heterocycles. The first-order chi connectivity index (χ1) is 6.15. The Morgan fingerprint density at radius 3 is 2.85 bits per heavy atom. The maximum absolute atomic E-state index is 10.5. The van der Waals surface area contributed by atoms with E-state index in [1.165, 1.54) is 0 Å². The van der Waals surface area contributed by atoms with Crippen molar-refractivity contribution in [3.8, 4) is 0 Å². The Balaban J connectivity index is 3.04. The summed E-state index contributed by atoms with van der Waals surface area (Å²) in [5, 5.41) is 10.5. The van der Waals surface area contributed by atoms with Gasteiger partial charge >= 0.3 is 0 Å². The summed E-state index contributed by atoms with van der Waals surface area (Å²) in [6.45, 7) is 3.68. The van der Waals surface area contributed by atoms with Gasteiger partial charge in [-0.2, -0.15) is 0 Å². The third-order valence-corrected chi connectivity index (χ3v) is 1.85. The van der Waals surface area contributed by atoms with Gasteiger partial charge < -0.3 is 0 Å². The van der Waals surface area contributed by atoms with Gasteiger partial charge in [-0.25, -0.2) is 0 Å². The minimum atomic E-state index is -0.387. The van der Waals surface area contributed by atoms with E-state index >= 15 is 0 Å². The maximum Gasteiger partial charge on any atom is 0.290 e. The molecule has 1 aromatic rings. The zero-order valence-corrected chi connectivity index (χ0v) is 7.78. The van der Waals surface area contributed by atoms with Gasteiger partial charge in [0, 0.05) is 12.3 Å². The highest BCUT2D eigenvalue weighted by molar-refractivity contribution is 5.37. The fourth-order valence-corrected chi connectivity index (χ4v) is 1.17. The van der Waals surface area contributed by atoms with Gasteiger partial charge in [-0.15, -0.1) is 0 Å². The largest absolute Gasteiger partial charge is 0.290 e. The molecule has 0 radical (unpaired) electrons. The predicted molar refractivity (Wildman–Crippen MR) is 49.6 cm³/mol. The van der Waals surface area contributed by atoms with E-state index in [-0.39, 0.29) is 10.6 Å². The van der Waals surface area contributed by atoms with E-state index in [9.17, 15) is 10.1 Å². The van der Waals surface area contributed by atoms with Crippen LogP contribution in [0.3, 0.4) is 0 Å². The summed E-state index contributed by atoms with van der Waals surface area (Å²) in [7, 11) is 0. The molecule has 1 heterocycles. The molecule has 0 fully saturated rings. The van der Waals surface area contributed by atoms with Gasteiger partial charge in [0.15, 0.2) is 0 Å². The number of pyridine rings is 1. The topological polar surface area (TPSA) is 56.0 Å². The van der Waals surface area contributed by atoms with Crippen LogP contribution in [0.1, 0.15) is 24.6 Å². The SMILES string of the molecule is CCCc1cnc(C)c([N+](=O)[O-])c1. The molecule has 0 spiro atoms. The average Bonchev–Trinajstić information content (AvgIpc) is 2.08. The molecule has 0 saturated carbocycles. The monoisotopic (exact) mass is 180 g/mol. The van der Waals surface area contributed by atoms with Crippen molar-refractivity contribution in [2.75, 3.05) is 0 Å². The molecule has 0 aliphatic heterocycles. The zero-order chi connectivity index (χ0) is 9.84. The minimum absolute atomic E-state index is 0.117. The standard InChI is InChI=1S/C9H12N2O2/c1-3-4-8-5-9(11(12)13)7(2)10-6-8/h5-6H,3-4H2,1-2H3. The van der Waals surface area contributed by atoms with E-state index in [1.807, 2.05) is 6.92 Å². The molecule has 0 saturated heterocycles. The second-order valence-electron chi connectivity index (χ2n) is 2.96. The summed E-state index contributed by atoms with van der Waals surface area (Å²) in [5.41, 5.74) is 1.52. The number of hydrogen-bond acceptors (Lipinski definition) is 3. The fourth-order valence-electron chi connectivity index (χ4n) is 1.17. The lowest BCUT2D eigenvalue weighted by atomic mass is 10.1. The highest BCUT2D eigenvalue weighted by Gasteiger charge is 2.11. The second kappa shape index (κ2) is 3.98. The molecule has 0 amide bonds. The number of aromatic nitrogens is 1. The summed E-state index contributed by atoms with van der Waals surface area (Å²) < 4.78 is 0. The molecule has 13 heavy (non-hydrogen) atoms. The molecule has 0 bridgehead atoms. The Morgan fingerprint density at radius 2 is 2.31 bits per heavy atom. The second-order valence-corrected chi connectivity index (χ2v) is 2.96. The van der Waals surface area contributed by atoms with Crippen LogP contribution in [-0.4, -0.2) is 9.91 Å². The van der Waals surface area contributed by atoms with Crippen molar-refractivity contribution < 1.29 is 4.92 Å². The van der Waals surface area contributed by atoms with E-state index < -0.39 is 0 Å². The average molecular weight is 180 g/mol.